The second-order valence-corrected chi connectivity index (χ2v) is 7.42. The molecule has 0 aliphatic carbocycles. The van der Waals surface area contributed by atoms with E-state index in [4.69, 9.17) is 0 Å². The molecule has 1 N–H and O–H groups in total. The summed E-state index contributed by atoms with van der Waals surface area (Å²) in [5.41, 5.74) is 0. The Morgan fingerprint density at radius 1 is 1.10 bits per heavy atom. The third kappa shape index (κ3) is 2.43. The third-order valence-corrected chi connectivity index (χ3v) is 6.20. The number of phenolic OH excluding ortho intramolecular Hbond substituents is 1. The average Bonchev–Trinajstić information content (AvgIpc) is 2.47. The van der Waals surface area contributed by atoms with Gasteiger partial charge in [0.25, 0.3) is 0 Å². The van der Waals surface area contributed by atoms with Crippen molar-refractivity contribution in [3.05, 3.63) is 24.3 Å². The molecule has 2 heterocycles. The number of fused-ring (bicyclic) bond motifs is 1. The molecule has 2 aliphatic heterocycles. The molecule has 1 aromatic rings. The van der Waals surface area contributed by atoms with Gasteiger partial charge in [-0.25, -0.2) is 8.42 Å². The highest BCUT2D eigenvalue weighted by molar-refractivity contribution is 7.89. The molecule has 5 nitrogen and oxygen atoms in total. The number of phenols is 1. The Morgan fingerprint density at radius 2 is 1.90 bits per heavy atom. The van der Waals surface area contributed by atoms with E-state index in [2.05, 4.69) is 4.90 Å². The van der Waals surface area contributed by atoms with Crippen molar-refractivity contribution >= 4 is 10.0 Å². The lowest BCUT2D eigenvalue weighted by Crippen LogP contribution is -2.56. The van der Waals surface area contributed by atoms with E-state index in [9.17, 15) is 13.5 Å². The van der Waals surface area contributed by atoms with Crippen molar-refractivity contribution in [2.24, 2.45) is 0 Å². The van der Waals surface area contributed by atoms with Crippen molar-refractivity contribution < 1.29 is 13.5 Å². The summed E-state index contributed by atoms with van der Waals surface area (Å²) >= 11 is 0. The molecule has 0 spiro atoms. The number of benzene rings is 1. The van der Waals surface area contributed by atoms with Gasteiger partial charge in [-0.05, 0) is 31.5 Å². The number of para-hydroxylation sites is 1. The minimum absolute atomic E-state index is 0.0178. The van der Waals surface area contributed by atoms with Gasteiger partial charge in [-0.1, -0.05) is 18.6 Å². The normalized spacial score (nSPS) is 25.3. The summed E-state index contributed by atoms with van der Waals surface area (Å²) in [6.07, 6.45) is 3.45. The molecule has 0 saturated carbocycles. The van der Waals surface area contributed by atoms with Crippen LogP contribution in [0.2, 0.25) is 0 Å². The average molecular weight is 296 g/mol. The number of hydrogen-bond donors (Lipinski definition) is 1. The number of piperidine rings is 1. The highest BCUT2D eigenvalue weighted by Crippen LogP contribution is 2.29. The van der Waals surface area contributed by atoms with E-state index in [1.807, 2.05) is 0 Å². The minimum atomic E-state index is -3.59. The molecule has 20 heavy (non-hydrogen) atoms. The van der Waals surface area contributed by atoms with Crippen molar-refractivity contribution in [1.29, 1.82) is 0 Å². The van der Waals surface area contributed by atoms with Crippen LogP contribution in [0.25, 0.3) is 0 Å². The minimum Gasteiger partial charge on any atom is -0.507 e. The van der Waals surface area contributed by atoms with Gasteiger partial charge >= 0.3 is 0 Å². The van der Waals surface area contributed by atoms with Crippen LogP contribution < -0.4 is 0 Å². The Bertz CT molecular complexity index is 588. The van der Waals surface area contributed by atoms with Gasteiger partial charge < -0.3 is 5.11 Å². The first-order chi connectivity index (χ1) is 9.59. The number of aromatic hydroxyl groups is 1. The van der Waals surface area contributed by atoms with Crippen LogP contribution in [0.4, 0.5) is 0 Å². The molecule has 1 unspecified atom stereocenters. The smallest absolute Gasteiger partial charge is 0.246 e. The summed E-state index contributed by atoms with van der Waals surface area (Å²) in [7, 11) is -3.59. The van der Waals surface area contributed by atoms with Gasteiger partial charge in [-0.3, -0.25) is 4.90 Å². The maximum Gasteiger partial charge on any atom is 0.246 e. The molecule has 6 heteroatoms. The molecule has 2 saturated heterocycles. The molecular weight excluding hydrogens is 276 g/mol. The highest BCUT2D eigenvalue weighted by Gasteiger charge is 2.35. The lowest BCUT2D eigenvalue weighted by Gasteiger charge is -2.43. The van der Waals surface area contributed by atoms with Gasteiger partial charge in [0.2, 0.25) is 10.0 Å². The molecule has 0 amide bonds. The third-order valence-electron chi connectivity index (χ3n) is 4.28. The Morgan fingerprint density at radius 3 is 2.70 bits per heavy atom. The predicted molar refractivity (Wildman–Crippen MR) is 76.1 cm³/mol. The topological polar surface area (TPSA) is 60.9 Å². The highest BCUT2D eigenvalue weighted by atomic mass is 32.2. The fourth-order valence-corrected chi connectivity index (χ4v) is 4.71. The molecule has 1 aromatic carbocycles. The zero-order chi connectivity index (χ0) is 14.2. The second kappa shape index (κ2) is 5.35. The second-order valence-electron chi connectivity index (χ2n) is 5.52. The summed E-state index contributed by atoms with van der Waals surface area (Å²) in [5.74, 6) is -0.168. The van der Waals surface area contributed by atoms with Gasteiger partial charge in [0.15, 0.2) is 0 Å². The Labute approximate surface area is 119 Å². The Balaban J connectivity index is 1.84. The molecule has 110 valence electrons. The van der Waals surface area contributed by atoms with Crippen LogP contribution >= 0.6 is 0 Å². The van der Waals surface area contributed by atoms with E-state index in [-0.39, 0.29) is 10.6 Å². The monoisotopic (exact) mass is 296 g/mol. The van der Waals surface area contributed by atoms with Crippen LogP contribution in [0.1, 0.15) is 19.3 Å². The quantitative estimate of drug-likeness (QED) is 0.892. The summed E-state index contributed by atoms with van der Waals surface area (Å²) in [4.78, 5) is 2.41. The SMILES string of the molecule is O=S(=O)(c1ccccc1O)N1CCN2CCCCC2C1. The van der Waals surface area contributed by atoms with Gasteiger partial charge in [-0.2, -0.15) is 4.31 Å². The first-order valence-corrected chi connectivity index (χ1v) is 8.55. The van der Waals surface area contributed by atoms with Gasteiger partial charge in [0.1, 0.15) is 10.6 Å². The summed E-state index contributed by atoms with van der Waals surface area (Å²) in [6, 6.07) is 6.50. The Kier molecular flexibility index (Phi) is 3.70. The number of hydrogen-bond acceptors (Lipinski definition) is 4. The standard InChI is InChI=1S/C14H20N2O3S/c17-13-6-1-2-7-14(13)20(18,19)16-10-9-15-8-4-3-5-12(15)11-16/h1-2,6-7,12,17H,3-5,8-11H2. The molecule has 0 aromatic heterocycles. The van der Waals surface area contributed by atoms with Crippen molar-refractivity contribution in [2.45, 2.75) is 30.2 Å². The maximum atomic E-state index is 12.6. The number of sulfonamides is 1. The Hall–Kier alpha value is -1.11. The molecule has 0 radical (unpaired) electrons. The van der Waals surface area contributed by atoms with Gasteiger partial charge in [-0.15, -0.1) is 0 Å². The van der Waals surface area contributed by atoms with Crippen LogP contribution in [0.15, 0.2) is 29.2 Å². The zero-order valence-corrected chi connectivity index (χ0v) is 12.2. The van der Waals surface area contributed by atoms with Gasteiger partial charge in [0.05, 0.1) is 0 Å². The van der Waals surface area contributed by atoms with Crippen LogP contribution in [0.5, 0.6) is 5.75 Å². The zero-order valence-electron chi connectivity index (χ0n) is 11.4. The maximum absolute atomic E-state index is 12.6. The summed E-state index contributed by atoms with van der Waals surface area (Å²) in [5, 5.41) is 9.79. The van der Waals surface area contributed by atoms with Gasteiger partial charge in [0, 0.05) is 25.7 Å². The molecule has 2 fully saturated rings. The molecule has 1 atom stereocenters. The van der Waals surface area contributed by atoms with E-state index in [1.54, 1.807) is 12.1 Å². The summed E-state index contributed by atoms with van der Waals surface area (Å²) in [6.45, 7) is 2.91. The van der Waals surface area contributed by atoms with E-state index in [0.717, 1.165) is 19.5 Å². The molecule has 0 bridgehead atoms. The van der Waals surface area contributed by atoms with Crippen molar-refractivity contribution in [1.82, 2.24) is 9.21 Å². The first-order valence-electron chi connectivity index (χ1n) is 7.11. The lowest BCUT2D eigenvalue weighted by molar-refractivity contribution is 0.0851. The fourth-order valence-electron chi connectivity index (χ4n) is 3.16. The predicted octanol–water partition coefficient (Wildman–Crippen LogP) is 1.25. The van der Waals surface area contributed by atoms with E-state index in [0.29, 0.717) is 19.1 Å². The van der Waals surface area contributed by atoms with E-state index < -0.39 is 10.0 Å². The van der Waals surface area contributed by atoms with Crippen LogP contribution in [-0.4, -0.2) is 55.0 Å². The number of piperazine rings is 1. The van der Waals surface area contributed by atoms with Crippen molar-refractivity contribution in [3.63, 3.8) is 0 Å². The lowest BCUT2D eigenvalue weighted by atomic mass is 10.0. The molecular formula is C14H20N2O3S. The van der Waals surface area contributed by atoms with E-state index >= 15 is 0 Å². The molecule has 3 rings (SSSR count). The van der Waals surface area contributed by atoms with Crippen LogP contribution in [0.3, 0.4) is 0 Å². The summed E-state index contributed by atoms with van der Waals surface area (Å²) < 4.78 is 26.8. The fraction of sp³-hybridized carbons (Fsp3) is 0.571. The molecule has 2 aliphatic rings. The largest absolute Gasteiger partial charge is 0.507 e. The van der Waals surface area contributed by atoms with Crippen LogP contribution in [-0.2, 0) is 10.0 Å². The van der Waals surface area contributed by atoms with E-state index in [1.165, 1.54) is 29.3 Å². The van der Waals surface area contributed by atoms with Crippen molar-refractivity contribution in [3.8, 4) is 5.75 Å². The number of nitrogens with zero attached hydrogens (tertiary/aromatic N) is 2. The number of rotatable bonds is 2. The van der Waals surface area contributed by atoms with Crippen molar-refractivity contribution in [2.75, 3.05) is 26.2 Å². The van der Waals surface area contributed by atoms with Crippen LogP contribution in [0, 0.1) is 0 Å². The first kappa shape index (κ1) is 13.9.